The minimum absolute atomic E-state index is 0.256. The molecular weight excluding hydrogens is 501 g/mol. The average molecular weight is 519 g/mol. The smallest absolute Gasteiger partial charge is 0.286 e. The van der Waals surface area contributed by atoms with Gasteiger partial charge in [-0.15, -0.1) is 0 Å². The number of nitrogens with zero attached hydrogens (tertiary/aromatic N) is 3. The number of halogens is 3. The Morgan fingerprint density at radius 1 is 0.879 bits per heavy atom. The monoisotopic (exact) mass is 517 g/mol. The summed E-state index contributed by atoms with van der Waals surface area (Å²) >= 11 is 19.7. The molecule has 0 radical (unpaired) electrons. The highest BCUT2D eigenvalue weighted by Gasteiger charge is 2.29. The van der Waals surface area contributed by atoms with Gasteiger partial charge in [0.1, 0.15) is 11.5 Å². The van der Waals surface area contributed by atoms with E-state index >= 15 is 0 Å². The Labute approximate surface area is 210 Å². The van der Waals surface area contributed by atoms with Gasteiger partial charge in [0.15, 0.2) is 5.17 Å². The number of rotatable bonds is 3. The Balaban J connectivity index is 1.24. The Morgan fingerprint density at radius 3 is 2.33 bits per heavy atom. The number of aliphatic imine (C=N–C) groups is 1. The lowest BCUT2D eigenvalue weighted by Gasteiger charge is -2.36. The van der Waals surface area contributed by atoms with Gasteiger partial charge < -0.3 is 14.2 Å². The van der Waals surface area contributed by atoms with Gasteiger partial charge in [0, 0.05) is 53.6 Å². The van der Waals surface area contributed by atoms with Crippen LogP contribution in [0, 0.1) is 0 Å². The van der Waals surface area contributed by atoms with Gasteiger partial charge in [-0.25, -0.2) is 0 Å². The molecule has 2 aromatic carbocycles. The summed E-state index contributed by atoms with van der Waals surface area (Å²) in [5.41, 5.74) is 1.85. The number of furan rings is 1. The van der Waals surface area contributed by atoms with Crippen LogP contribution in [0.2, 0.25) is 15.1 Å². The zero-order valence-electron chi connectivity index (χ0n) is 17.3. The van der Waals surface area contributed by atoms with Crippen LogP contribution < -0.4 is 4.90 Å². The van der Waals surface area contributed by atoms with Crippen molar-refractivity contribution in [1.29, 1.82) is 0 Å². The summed E-state index contributed by atoms with van der Waals surface area (Å²) < 4.78 is 5.90. The van der Waals surface area contributed by atoms with Gasteiger partial charge in [0.05, 0.1) is 9.93 Å². The van der Waals surface area contributed by atoms with Crippen molar-refractivity contribution in [3.63, 3.8) is 0 Å². The van der Waals surface area contributed by atoms with Crippen molar-refractivity contribution < 1.29 is 9.21 Å². The lowest BCUT2D eigenvalue weighted by atomic mass is 10.2. The zero-order valence-corrected chi connectivity index (χ0v) is 20.4. The number of amidine groups is 1. The fourth-order valence-corrected chi connectivity index (χ4v) is 5.19. The first kappa shape index (κ1) is 22.4. The number of benzene rings is 2. The average Bonchev–Trinajstić information content (AvgIpc) is 3.43. The topological polar surface area (TPSA) is 49.1 Å². The first-order valence-electron chi connectivity index (χ1n) is 10.3. The minimum atomic E-state index is -0.256. The van der Waals surface area contributed by atoms with Gasteiger partial charge in [-0.1, -0.05) is 34.8 Å². The quantitative estimate of drug-likeness (QED) is 0.361. The Bertz CT molecular complexity index is 1260. The van der Waals surface area contributed by atoms with Crippen molar-refractivity contribution in [1.82, 2.24) is 4.90 Å². The van der Waals surface area contributed by atoms with E-state index < -0.39 is 0 Å². The van der Waals surface area contributed by atoms with Crippen LogP contribution in [0.25, 0.3) is 17.4 Å². The molecule has 2 aliphatic rings. The van der Waals surface area contributed by atoms with Gasteiger partial charge in [0.25, 0.3) is 5.91 Å². The van der Waals surface area contributed by atoms with E-state index in [1.54, 1.807) is 30.3 Å². The number of hydrogen-bond acceptors (Lipinski definition) is 5. The van der Waals surface area contributed by atoms with Crippen LogP contribution in [-0.4, -0.2) is 42.2 Å². The van der Waals surface area contributed by atoms with Crippen LogP contribution in [0.3, 0.4) is 0 Å². The molecule has 9 heteroatoms. The Kier molecular flexibility index (Phi) is 6.43. The lowest BCUT2D eigenvalue weighted by Crippen LogP contribution is -2.47. The standard InChI is InChI=1S/C24H18Cl3N3O2S/c25-15-1-4-17(5-2-15)29-9-11-30(12-10-29)24-28-23(31)22(33-24)14-18-6-8-21(32-18)19-13-16(26)3-7-20(19)27/h1-8,13-14H,9-12H2/b22-14+. The van der Waals surface area contributed by atoms with Gasteiger partial charge in [-0.3, -0.25) is 4.79 Å². The number of carbonyl (C=O) groups excluding carboxylic acids is 1. The molecule has 0 unspecified atom stereocenters. The van der Waals surface area contributed by atoms with E-state index in [-0.39, 0.29) is 5.91 Å². The molecule has 1 saturated heterocycles. The predicted molar refractivity (Wildman–Crippen MR) is 137 cm³/mol. The highest BCUT2D eigenvalue weighted by atomic mass is 35.5. The van der Waals surface area contributed by atoms with Crippen LogP contribution in [0.15, 0.2) is 68.9 Å². The molecule has 168 valence electrons. The molecule has 1 amide bonds. The second-order valence-electron chi connectivity index (χ2n) is 7.59. The minimum Gasteiger partial charge on any atom is -0.457 e. The van der Waals surface area contributed by atoms with Crippen molar-refractivity contribution in [2.45, 2.75) is 0 Å². The molecule has 2 aliphatic heterocycles. The number of anilines is 1. The van der Waals surface area contributed by atoms with Crippen LogP contribution in [0.4, 0.5) is 5.69 Å². The molecule has 1 fully saturated rings. The molecule has 0 N–H and O–H groups in total. The van der Waals surface area contributed by atoms with Gasteiger partial charge in [-0.05, 0) is 66.4 Å². The summed E-state index contributed by atoms with van der Waals surface area (Å²) in [5, 5.41) is 2.57. The maximum Gasteiger partial charge on any atom is 0.286 e. The van der Waals surface area contributed by atoms with E-state index in [0.717, 1.165) is 42.1 Å². The van der Waals surface area contributed by atoms with E-state index in [0.29, 0.717) is 32.0 Å². The largest absolute Gasteiger partial charge is 0.457 e. The van der Waals surface area contributed by atoms with E-state index in [4.69, 9.17) is 39.2 Å². The second kappa shape index (κ2) is 9.47. The van der Waals surface area contributed by atoms with Gasteiger partial charge in [-0.2, -0.15) is 4.99 Å². The maximum atomic E-state index is 12.5. The van der Waals surface area contributed by atoms with Gasteiger partial charge >= 0.3 is 0 Å². The number of hydrogen-bond donors (Lipinski definition) is 0. The summed E-state index contributed by atoms with van der Waals surface area (Å²) in [6, 6.07) is 16.7. The summed E-state index contributed by atoms with van der Waals surface area (Å²) in [4.78, 5) is 21.8. The highest BCUT2D eigenvalue weighted by molar-refractivity contribution is 8.18. The van der Waals surface area contributed by atoms with E-state index in [1.165, 1.54) is 11.8 Å². The molecule has 0 atom stereocenters. The van der Waals surface area contributed by atoms with Crippen molar-refractivity contribution in [2.24, 2.45) is 4.99 Å². The summed E-state index contributed by atoms with van der Waals surface area (Å²) in [5.74, 6) is 0.888. The van der Waals surface area contributed by atoms with Crippen molar-refractivity contribution in [2.75, 3.05) is 31.1 Å². The molecule has 5 rings (SSSR count). The molecule has 5 nitrogen and oxygen atoms in total. The summed E-state index contributed by atoms with van der Waals surface area (Å²) in [6.07, 6.45) is 1.72. The first-order chi connectivity index (χ1) is 16.0. The van der Waals surface area contributed by atoms with Crippen molar-refractivity contribution in [3.05, 3.63) is 80.3 Å². The second-order valence-corrected chi connectivity index (χ2v) is 9.88. The van der Waals surface area contributed by atoms with Crippen LogP contribution in [0.1, 0.15) is 5.76 Å². The molecule has 0 spiro atoms. The Hall–Kier alpha value is -2.38. The van der Waals surface area contributed by atoms with Crippen molar-refractivity contribution >= 4 is 69.4 Å². The molecule has 0 saturated carbocycles. The number of thioether (sulfide) groups is 1. The lowest BCUT2D eigenvalue weighted by molar-refractivity contribution is -0.113. The fourth-order valence-electron chi connectivity index (χ4n) is 3.73. The van der Waals surface area contributed by atoms with Crippen LogP contribution in [-0.2, 0) is 4.79 Å². The van der Waals surface area contributed by atoms with Crippen molar-refractivity contribution in [3.8, 4) is 11.3 Å². The number of amides is 1. The van der Waals surface area contributed by atoms with E-state index in [2.05, 4.69) is 14.8 Å². The SMILES string of the molecule is O=C1N=C(N2CCN(c3ccc(Cl)cc3)CC2)S/C1=C/c1ccc(-c2cc(Cl)ccc2Cl)o1. The fraction of sp³-hybridized carbons (Fsp3) is 0.167. The normalized spacial score (nSPS) is 17.7. The van der Waals surface area contributed by atoms with Crippen LogP contribution in [0.5, 0.6) is 0 Å². The highest BCUT2D eigenvalue weighted by Crippen LogP contribution is 2.35. The number of piperazine rings is 1. The predicted octanol–water partition coefficient (Wildman–Crippen LogP) is 6.70. The summed E-state index contributed by atoms with van der Waals surface area (Å²) in [6.45, 7) is 3.26. The Morgan fingerprint density at radius 2 is 1.58 bits per heavy atom. The maximum absolute atomic E-state index is 12.5. The molecule has 33 heavy (non-hydrogen) atoms. The third-order valence-corrected chi connectivity index (χ3v) is 7.31. The van der Waals surface area contributed by atoms with E-state index in [9.17, 15) is 4.79 Å². The van der Waals surface area contributed by atoms with Crippen LogP contribution >= 0.6 is 46.6 Å². The zero-order chi connectivity index (χ0) is 22.9. The molecule has 0 bridgehead atoms. The molecule has 1 aromatic heterocycles. The third-order valence-electron chi connectivity index (χ3n) is 5.45. The van der Waals surface area contributed by atoms with Gasteiger partial charge in [0.2, 0.25) is 0 Å². The molecule has 3 aromatic rings. The molecule has 3 heterocycles. The molecule has 0 aliphatic carbocycles. The van der Waals surface area contributed by atoms with E-state index in [1.807, 2.05) is 30.3 Å². The molecular formula is C24H18Cl3N3O2S. The first-order valence-corrected chi connectivity index (χ1v) is 12.2. The third kappa shape index (κ3) is 4.94. The summed E-state index contributed by atoms with van der Waals surface area (Å²) in [7, 11) is 0. The number of carbonyl (C=O) groups is 1.